The van der Waals surface area contributed by atoms with Gasteiger partial charge < -0.3 is 4.74 Å². The van der Waals surface area contributed by atoms with Crippen molar-refractivity contribution in [3.8, 4) is 0 Å². The number of hydrogen-bond acceptors (Lipinski definition) is 2. The molecular formula is C8H7O2. The molecule has 51 valence electrons. The molecule has 0 bridgehead atoms. The van der Waals surface area contributed by atoms with Crippen molar-refractivity contribution in [1.29, 1.82) is 0 Å². The molecule has 0 aromatic heterocycles. The molecule has 0 aliphatic carbocycles. The molecule has 0 amide bonds. The van der Waals surface area contributed by atoms with E-state index in [9.17, 15) is 4.79 Å². The standard InChI is InChI=1S/C8H7O2/c9-7-10-6-8-4-2-1-3-5-8/h1-5H,6H2/i6+0,7+0,8+0. The number of carbonyl (C=O) groups excluding carboxylic acids is 1. The van der Waals surface area contributed by atoms with Gasteiger partial charge in [-0.25, -0.2) is 4.79 Å². The maximum atomic E-state index is 9.63. The van der Waals surface area contributed by atoms with Crippen LogP contribution in [0.1, 0.15) is 5.56 Å². The van der Waals surface area contributed by atoms with Crippen molar-refractivity contribution in [2.75, 3.05) is 0 Å². The van der Waals surface area contributed by atoms with Crippen LogP contribution in [0, 0.1) is 0 Å². The molecule has 0 heterocycles. The molecule has 0 aliphatic heterocycles. The zero-order valence-electron chi connectivity index (χ0n) is 5.41. The van der Waals surface area contributed by atoms with Gasteiger partial charge in [-0.2, -0.15) is 0 Å². The lowest BCUT2D eigenvalue weighted by Crippen LogP contribution is -1.87. The Morgan fingerprint density at radius 3 is 2.60 bits per heavy atom. The molecule has 0 aliphatic rings. The monoisotopic (exact) mass is 135 g/mol. The Labute approximate surface area is 59.4 Å². The van der Waals surface area contributed by atoms with E-state index in [0.717, 1.165) is 5.56 Å². The van der Waals surface area contributed by atoms with E-state index in [2.05, 4.69) is 4.74 Å². The second kappa shape index (κ2) is 3.67. The van der Waals surface area contributed by atoms with Gasteiger partial charge in [0, 0.05) is 0 Å². The Kier molecular flexibility index (Phi) is 2.49. The normalized spacial score (nSPS) is 8.80. The Morgan fingerprint density at radius 1 is 1.30 bits per heavy atom. The van der Waals surface area contributed by atoms with Crippen molar-refractivity contribution in [1.82, 2.24) is 0 Å². The summed E-state index contributed by atoms with van der Waals surface area (Å²) < 4.78 is 4.41. The molecule has 0 fully saturated rings. The molecule has 2 nitrogen and oxygen atoms in total. The Hall–Kier alpha value is -1.31. The third kappa shape index (κ3) is 1.90. The van der Waals surface area contributed by atoms with Gasteiger partial charge in [0.15, 0.2) is 0 Å². The summed E-state index contributed by atoms with van der Waals surface area (Å²) in [5, 5.41) is 0. The molecule has 2 heteroatoms. The predicted octanol–water partition coefficient (Wildman–Crippen LogP) is 1.27. The lowest BCUT2D eigenvalue weighted by molar-refractivity contribution is 0.267. The minimum atomic E-state index is 0.310. The molecule has 1 rings (SSSR count). The highest BCUT2D eigenvalue weighted by Crippen LogP contribution is 1.98. The van der Waals surface area contributed by atoms with Crippen LogP contribution in [0.15, 0.2) is 30.3 Å². The van der Waals surface area contributed by atoms with E-state index < -0.39 is 0 Å². The van der Waals surface area contributed by atoms with Crippen molar-refractivity contribution >= 4 is 6.47 Å². The van der Waals surface area contributed by atoms with Gasteiger partial charge in [0.1, 0.15) is 6.61 Å². The highest BCUT2D eigenvalue weighted by Gasteiger charge is 1.88. The summed E-state index contributed by atoms with van der Waals surface area (Å²) in [6, 6.07) is 9.47. The van der Waals surface area contributed by atoms with Gasteiger partial charge in [-0.05, 0) is 5.56 Å². The fourth-order valence-corrected chi connectivity index (χ4v) is 0.687. The number of hydrogen-bond donors (Lipinski definition) is 0. The van der Waals surface area contributed by atoms with E-state index in [1.807, 2.05) is 30.3 Å². The Bertz CT molecular complexity index is 194. The van der Waals surface area contributed by atoms with Crippen molar-refractivity contribution in [3.05, 3.63) is 35.9 Å². The molecule has 0 spiro atoms. The first-order valence-electron chi connectivity index (χ1n) is 2.96. The number of ether oxygens (including phenoxy) is 1. The Balaban J connectivity index is 2.50. The van der Waals surface area contributed by atoms with Crippen LogP contribution in [0.4, 0.5) is 0 Å². The molecule has 1 aromatic rings. The number of benzene rings is 1. The molecule has 0 saturated heterocycles. The summed E-state index contributed by atoms with van der Waals surface area (Å²) in [6.45, 7) is 1.68. The number of rotatable bonds is 3. The lowest BCUT2D eigenvalue weighted by Gasteiger charge is -1.95. The SMILES string of the molecule is O=[12C]O[12CH2][12c]1ccccc1. The van der Waals surface area contributed by atoms with Crippen molar-refractivity contribution in [2.45, 2.75) is 6.61 Å². The van der Waals surface area contributed by atoms with E-state index in [4.69, 9.17) is 0 Å². The molecular weight excluding hydrogens is 128 g/mol. The first-order valence-corrected chi connectivity index (χ1v) is 2.96. The largest absolute Gasteiger partial charge is 0.452 e. The summed E-state index contributed by atoms with van der Waals surface area (Å²) in [6.07, 6.45) is 0. The van der Waals surface area contributed by atoms with Crippen LogP contribution in [0.5, 0.6) is 0 Å². The Morgan fingerprint density at radius 2 is 2.00 bits per heavy atom. The van der Waals surface area contributed by atoms with Gasteiger partial charge in [0.05, 0.1) is 0 Å². The summed E-state index contributed by atoms with van der Waals surface area (Å²) in [7, 11) is 0. The van der Waals surface area contributed by atoms with Gasteiger partial charge in [-0.15, -0.1) is 0 Å². The topological polar surface area (TPSA) is 26.3 Å². The van der Waals surface area contributed by atoms with Gasteiger partial charge in [-0.3, -0.25) is 0 Å². The molecule has 0 saturated carbocycles. The first-order chi connectivity index (χ1) is 4.93. The second-order valence-corrected chi connectivity index (χ2v) is 1.86. The van der Waals surface area contributed by atoms with E-state index in [0.29, 0.717) is 6.61 Å². The van der Waals surface area contributed by atoms with E-state index in [1.165, 1.54) is 6.47 Å². The lowest BCUT2D eigenvalue weighted by atomic mass is 10.2. The van der Waals surface area contributed by atoms with Crippen molar-refractivity contribution in [2.24, 2.45) is 0 Å². The molecule has 1 aromatic carbocycles. The molecule has 10 heavy (non-hydrogen) atoms. The third-order valence-corrected chi connectivity index (χ3v) is 1.14. The van der Waals surface area contributed by atoms with E-state index >= 15 is 0 Å². The van der Waals surface area contributed by atoms with Crippen molar-refractivity contribution in [3.63, 3.8) is 0 Å². The minimum Gasteiger partial charge on any atom is -0.452 e. The molecule has 0 unspecified atom stereocenters. The zero-order chi connectivity index (χ0) is 7.23. The van der Waals surface area contributed by atoms with Crippen LogP contribution in [-0.2, 0) is 16.1 Å². The quantitative estimate of drug-likeness (QED) is 0.623. The van der Waals surface area contributed by atoms with E-state index in [1.54, 1.807) is 0 Å². The summed E-state index contributed by atoms with van der Waals surface area (Å²) in [4.78, 5) is 9.63. The zero-order valence-corrected chi connectivity index (χ0v) is 5.41. The summed E-state index contributed by atoms with van der Waals surface area (Å²) in [5.74, 6) is 0. The summed E-state index contributed by atoms with van der Waals surface area (Å²) in [5.41, 5.74) is 0.978. The van der Waals surface area contributed by atoms with Crippen LogP contribution in [0.25, 0.3) is 0 Å². The third-order valence-electron chi connectivity index (χ3n) is 1.14. The van der Waals surface area contributed by atoms with Crippen LogP contribution < -0.4 is 0 Å². The first kappa shape index (κ1) is 6.81. The van der Waals surface area contributed by atoms with E-state index in [-0.39, 0.29) is 0 Å². The maximum absolute atomic E-state index is 9.63. The fraction of sp³-hybridized carbons (Fsp3) is 0.125. The van der Waals surface area contributed by atoms with Crippen molar-refractivity contribution < 1.29 is 9.53 Å². The minimum absolute atomic E-state index is 0.310. The molecule has 0 atom stereocenters. The highest BCUT2D eigenvalue weighted by molar-refractivity contribution is 5.38. The maximum Gasteiger partial charge on any atom is 0.417 e. The highest BCUT2D eigenvalue weighted by atomic mass is 16.5. The summed E-state index contributed by atoms with van der Waals surface area (Å²) >= 11 is 0. The smallest absolute Gasteiger partial charge is 0.417 e. The van der Waals surface area contributed by atoms with Crippen LogP contribution >= 0.6 is 0 Å². The molecule has 0 N–H and O–H groups in total. The second-order valence-electron chi connectivity index (χ2n) is 1.86. The van der Waals surface area contributed by atoms with Gasteiger partial charge in [-0.1, -0.05) is 30.3 Å². The van der Waals surface area contributed by atoms with Gasteiger partial charge >= 0.3 is 6.47 Å². The average molecular weight is 135 g/mol. The van der Waals surface area contributed by atoms with Gasteiger partial charge in [0.25, 0.3) is 0 Å². The predicted molar refractivity (Wildman–Crippen MR) is 36.9 cm³/mol. The van der Waals surface area contributed by atoms with Crippen LogP contribution in [0.3, 0.4) is 0 Å². The molecule has 1 radical (unpaired) electrons. The average Bonchev–Trinajstić information content (AvgIpc) is 2.03. The van der Waals surface area contributed by atoms with Crippen LogP contribution in [-0.4, -0.2) is 6.47 Å². The fourth-order valence-electron chi connectivity index (χ4n) is 0.687. The van der Waals surface area contributed by atoms with Gasteiger partial charge in [0.2, 0.25) is 0 Å². The van der Waals surface area contributed by atoms with Crippen LogP contribution in [0.2, 0.25) is 0 Å².